The molecule has 2 aliphatic heterocycles. The maximum atomic E-state index is 13.7. The lowest BCUT2D eigenvalue weighted by Crippen LogP contribution is -2.62. The van der Waals surface area contributed by atoms with Crippen molar-refractivity contribution in [2.24, 2.45) is 5.73 Å². The van der Waals surface area contributed by atoms with E-state index in [2.05, 4.69) is 22.0 Å². The van der Waals surface area contributed by atoms with Gasteiger partial charge in [0.15, 0.2) is 0 Å². The maximum Gasteiger partial charge on any atom is 0.252 e. The number of amides is 4. The normalized spacial score (nSPS) is 27.2. The van der Waals surface area contributed by atoms with Crippen molar-refractivity contribution in [3.63, 3.8) is 0 Å². The highest BCUT2D eigenvalue weighted by Crippen LogP contribution is 2.33. The van der Waals surface area contributed by atoms with Crippen molar-refractivity contribution in [1.29, 1.82) is 0 Å². The molecule has 190 valence electrons. The molecular formula is C25H36N6O4. The fourth-order valence-electron chi connectivity index (χ4n) is 5.64. The van der Waals surface area contributed by atoms with Gasteiger partial charge >= 0.3 is 0 Å². The van der Waals surface area contributed by atoms with Crippen LogP contribution in [0.4, 0.5) is 0 Å². The average Bonchev–Trinajstić information content (AvgIpc) is 3.28. The van der Waals surface area contributed by atoms with Gasteiger partial charge in [0.2, 0.25) is 17.7 Å². The molecule has 3 aliphatic rings. The quantitative estimate of drug-likeness (QED) is 0.439. The Morgan fingerprint density at radius 2 is 1.77 bits per heavy atom. The minimum absolute atomic E-state index is 0.107. The van der Waals surface area contributed by atoms with E-state index in [1.807, 2.05) is 18.2 Å². The van der Waals surface area contributed by atoms with Crippen molar-refractivity contribution >= 4 is 23.6 Å². The molecule has 2 heterocycles. The van der Waals surface area contributed by atoms with E-state index >= 15 is 0 Å². The molecule has 10 nitrogen and oxygen atoms in total. The van der Waals surface area contributed by atoms with Crippen LogP contribution in [0.2, 0.25) is 0 Å². The number of fused-ring (bicyclic) bond motifs is 2. The third kappa shape index (κ3) is 5.18. The number of hydrogen-bond donors (Lipinski definition) is 4. The van der Waals surface area contributed by atoms with Crippen LogP contribution in [0.15, 0.2) is 24.3 Å². The molecular weight excluding hydrogens is 448 g/mol. The number of nitrogens with one attached hydrogen (secondary N) is 3. The summed E-state index contributed by atoms with van der Waals surface area (Å²) in [5, 5.41) is 8.59. The number of aryl methyl sites for hydroxylation is 1. The van der Waals surface area contributed by atoms with Crippen LogP contribution in [0.5, 0.6) is 0 Å². The molecule has 35 heavy (non-hydrogen) atoms. The van der Waals surface area contributed by atoms with Crippen LogP contribution in [0.1, 0.15) is 62.6 Å². The summed E-state index contributed by atoms with van der Waals surface area (Å²) in [5.41, 5.74) is 8.13. The molecule has 1 aromatic rings. The van der Waals surface area contributed by atoms with Gasteiger partial charge in [0.1, 0.15) is 24.4 Å². The minimum Gasteiger partial charge on any atom is -0.347 e. The Hall–Kier alpha value is -2.98. The average molecular weight is 485 g/mol. The molecule has 1 aliphatic carbocycles. The Balaban J connectivity index is 1.57. The molecule has 0 bridgehead atoms. The summed E-state index contributed by atoms with van der Waals surface area (Å²) >= 11 is 0. The zero-order chi connectivity index (χ0) is 25.1. The predicted octanol–water partition coefficient (Wildman–Crippen LogP) is 0.129. The molecule has 2 unspecified atom stereocenters. The molecule has 0 saturated carbocycles. The van der Waals surface area contributed by atoms with Crippen LogP contribution in [0, 0.1) is 0 Å². The van der Waals surface area contributed by atoms with Gasteiger partial charge in [-0.15, -0.1) is 0 Å². The van der Waals surface area contributed by atoms with Crippen LogP contribution in [0.3, 0.4) is 0 Å². The number of nitrogens with zero attached hydrogens (tertiary/aromatic N) is 2. The lowest BCUT2D eigenvalue weighted by molar-refractivity contribution is -0.153. The van der Waals surface area contributed by atoms with Crippen molar-refractivity contribution in [3.8, 4) is 0 Å². The van der Waals surface area contributed by atoms with Crippen LogP contribution in [-0.4, -0.2) is 71.4 Å². The summed E-state index contributed by atoms with van der Waals surface area (Å²) in [4.78, 5) is 55.4. The van der Waals surface area contributed by atoms with Gasteiger partial charge in [0.05, 0.1) is 6.04 Å². The Morgan fingerprint density at radius 1 is 1.03 bits per heavy atom. The smallest absolute Gasteiger partial charge is 0.252 e. The zero-order valence-corrected chi connectivity index (χ0v) is 20.5. The number of nitrogens with two attached hydrogens (primary N) is 1. The first kappa shape index (κ1) is 25.1. The van der Waals surface area contributed by atoms with E-state index in [1.165, 1.54) is 17.4 Å². The highest BCUT2D eigenvalue weighted by atomic mass is 16.2. The number of benzene rings is 1. The number of rotatable bonds is 5. The second-order valence-corrected chi connectivity index (χ2v) is 9.65. The lowest BCUT2D eigenvalue weighted by Gasteiger charge is -2.41. The van der Waals surface area contributed by atoms with Gasteiger partial charge in [-0.05, 0) is 63.1 Å². The van der Waals surface area contributed by atoms with E-state index in [0.29, 0.717) is 32.2 Å². The lowest BCUT2D eigenvalue weighted by atomic mass is 9.87. The van der Waals surface area contributed by atoms with E-state index in [0.717, 1.165) is 24.8 Å². The summed E-state index contributed by atoms with van der Waals surface area (Å²) in [6, 6.07) is 6.51. The van der Waals surface area contributed by atoms with E-state index in [4.69, 9.17) is 5.73 Å². The van der Waals surface area contributed by atoms with Gasteiger partial charge in [0.25, 0.3) is 5.91 Å². The molecule has 4 amide bonds. The second kappa shape index (κ2) is 10.7. The van der Waals surface area contributed by atoms with Crippen molar-refractivity contribution in [2.45, 2.75) is 82.3 Å². The molecule has 1 aromatic carbocycles. The van der Waals surface area contributed by atoms with Gasteiger partial charge in [-0.25, -0.2) is 0 Å². The zero-order valence-electron chi connectivity index (χ0n) is 20.5. The molecule has 0 spiro atoms. The number of likely N-dealkylation sites (N-methyl/N-ethyl adjacent to an activating group) is 1. The van der Waals surface area contributed by atoms with Crippen molar-refractivity contribution in [1.82, 2.24) is 25.8 Å². The van der Waals surface area contributed by atoms with Crippen LogP contribution >= 0.6 is 0 Å². The number of hydrogen-bond acceptors (Lipinski definition) is 6. The summed E-state index contributed by atoms with van der Waals surface area (Å²) in [6.45, 7) is 1.94. The predicted molar refractivity (Wildman–Crippen MR) is 130 cm³/mol. The Labute approximate surface area is 206 Å². The van der Waals surface area contributed by atoms with Gasteiger partial charge in [-0.2, -0.15) is 0 Å². The molecule has 2 saturated heterocycles. The van der Waals surface area contributed by atoms with Crippen molar-refractivity contribution in [2.75, 3.05) is 13.6 Å². The molecule has 0 aromatic heterocycles. The fraction of sp³-hybridized carbons (Fsp3) is 0.600. The van der Waals surface area contributed by atoms with Gasteiger partial charge in [0, 0.05) is 13.5 Å². The third-order valence-electron chi connectivity index (χ3n) is 7.46. The number of carbonyl (C=O) groups excluding carboxylic acids is 4. The molecule has 0 radical (unpaired) electrons. The molecule has 2 fully saturated rings. The summed E-state index contributed by atoms with van der Waals surface area (Å²) in [6.07, 6.45) is 3.25. The van der Waals surface area contributed by atoms with Crippen molar-refractivity contribution in [3.05, 3.63) is 35.4 Å². The number of carbonyl (C=O) groups is 4. The van der Waals surface area contributed by atoms with E-state index in [1.54, 1.807) is 11.9 Å². The first-order valence-corrected chi connectivity index (χ1v) is 12.5. The molecule has 5 atom stereocenters. The van der Waals surface area contributed by atoms with Crippen LogP contribution < -0.4 is 21.7 Å². The molecule has 5 N–H and O–H groups in total. The fourth-order valence-corrected chi connectivity index (χ4v) is 5.64. The standard InChI is InChI=1S/C25H36N6O4/c1-15(32)30-14-6-11-19(29-24(34)22(26)27-2)25(35)31-20(12-13-21(30)31)23(33)28-18-10-5-8-16-7-3-4-9-17(16)18/h3-4,7,9,18-22,27H,5-6,8,10-14,26H2,1-2H3,(H,28,33)(H,29,34)/t18?,19-,20+,21?,22+/m0/s1. The highest BCUT2D eigenvalue weighted by molar-refractivity contribution is 5.94. The Kier molecular flexibility index (Phi) is 7.71. The third-order valence-corrected chi connectivity index (χ3v) is 7.46. The SMILES string of the molecule is CN[C@@H](N)C(=O)N[C@H]1CCCN(C(C)=O)C2CC[C@H](C(=O)NC3CCCc4ccccc43)N2C1=O. The summed E-state index contributed by atoms with van der Waals surface area (Å²) in [7, 11) is 1.56. The first-order valence-electron chi connectivity index (χ1n) is 12.5. The molecule has 4 rings (SSSR count). The van der Waals surface area contributed by atoms with E-state index in [-0.39, 0.29) is 23.8 Å². The van der Waals surface area contributed by atoms with Crippen LogP contribution in [0.25, 0.3) is 0 Å². The summed E-state index contributed by atoms with van der Waals surface area (Å²) < 4.78 is 0. The van der Waals surface area contributed by atoms with Crippen molar-refractivity contribution < 1.29 is 19.2 Å². The summed E-state index contributed by atoms with van der Waals surface area (Å²) in [5.74, 6) is -1.18. The van der Waals surface area contributed by atoms with E-state index < -0.39 is 30.3 Å². The van der Waals surface area contributed by atoms with E-state index in [9.17, 15) is 19.2 Å². The first-order chi connectivity index (χ1) is 16.8. The maximum absolute atomic E-state index is 13.7. The van der Waals surface area contributed by atoms with Crippen LogP contribution in [-0.2, 0) is 25.6 Å². The molecule has 10 heteroatoms. The minimum atomic E-state index is -0.943. The van der Waals surface area contributed by atoms with Gasteiger partial charge < -0.3 is 26.2 Å². The Bertz CT molecular complexity index is 984. The largest absolute Gasteiger partial charge is 0.347 e. The Morgan fingerprint density at radius 3 is 2.51 bits per heavy atom. The monoisotopic (exact) mass is 484 g/mol. The van der Waals surface area contributed by atoms with Gasteiger partial charge in [-0.3, -0.25) is 24.5 Å². The van der Waals surface area contributed by atoms with Gasteiger partial charge in [-0.1, -0.05) is 24.3 Å². The second-order valence-electron chi connectivity index (χ2n) is 9.65. The highest BCUT2D eigenvalue weighted by Gasteiger charge is 2.47. The topological polar surface area (TPSA) is 137 Å².